The first-order chi connectivity index (χ1) is 10.6. The van der Waals surface area contributed by atoms with Gasteiger partial charge in [-0.1, -0.05) is 12.1 Å². The van der Waals surface area contributed by atoms with E-state index in [1.165, 1.54) is 5.56 Å². The van der Waals surface area contributed by atoms with Crippen molar-refractivity contribution in [3.63, 3.8) is 0 Å². The Hall–Kier alpha value is -1.66. The van der Waals surface area contributed by atoms with Crippen molar-refractivity contribution in [1.82, 2.24) is 5.43 Å². The van der Waals surface area contributed by atoms with Gasteiger partial charge < -0.3 is 4.74 Å². The van der Waals surface area contributed by atoms with Gasteiger partial charge in [-0.25, -0.2) is 5.43 Å². The minimum absolute atomic E-state index is 0.112. The molecule has 1 heterocycles. The standard InChI is InChI=1S/C16H17BrN2O2S/c1-12-6-7-15(14(17)10-12)21-8-2-5-16(20)19-18-11-13-4-3-9-22-13/h3-4,6-7,9-11H,2,5,8H2,1H3,(H,19,20)/b18-11+. The highest BCUT2D eigenvalue weighted by molar-refractivity contribution is 9.10. The maximum atomic E-state index is 11.6. The maximum Gasteiger partial charge on any atom is 0.240 e. The predicted octanol–water partition coefficient (Wildman–Crippen LogP) is 4.13. The zero-order valence-electron chi connectivity index (χ0n) is 12.2. The lowest BCUT2D eigenvalue weighted by Crippen LogP contribution is -2.17. The third-order valence-electron chi connectivity index (χ3n) is 2.82. The van der Waals surface area contributed by atoms with Gasteiger partial charge in [0.05, 0.1) is 17.3 Å². The molecule has 4 nitrogen and oxygen atoms in total. The molecule has 0 aliphatic rings. The molecule has 0 atom stereocenters. The van der Waals surface area contributed by atoms with Crippen LogP contribution in [0.15, 0.2) is 45.3 Å². The molecule has 2 aromatic rings. The van der Waals surface area contributed by atoms with Crippen molar-refractivity contribution >= 4 is 39.4 Å². The number of nitrogens with one attached hydrogen (secondary N) is 1. The number of amides is 1. The van der Waals surface area contributed by atoms with E-state index >= 15 is 0 Å². The Labute approximate surface area is 142 Å². The monoisotopic (exact) mass is 380 g/mol. The average molecular weight is 381 g/mol. The van der Waals surface area contributed by atoms with Gasteiger partial charge in [0.25, 0.3) is 0 Å². The zero-order chi connectivity index (χ0) is 15.8. The van der Waals surface area contributed by atoms with Gasteiger partial charge in [0.1, 0.15) is 5.75 Å². The molecular weight excluding hydrogens is 364 g/mol. The lowest BCUT2D eigenvalue weighted by molar-refractivity contribution is -0.121. The molecule has 1 aromatic heterocycles. The highest BCUT2D eigenvalue weighted by atomic mass is 79.9. The summed E-state index contributed by atoms with van der Waals surface area (Å²) >= 11 is 5.03. The number of thiophene rings is 1. The minimum atomic E-state index is -0.112. The molecule has 0 saturated heterocycles. The minimum Gasteiger partial charge on any atom is -0.492 e. The zero-order valence-corrected chi connectivity index (χ0v) is 14.6. The van der Waals surface area contributed by atoms with Crippen LogP contribution in [0, 0.1) is 6.92 Å². The van der Waals surface area contributed by atoms with Crippen molar-refractivity contribution in [3.8, 4) is 5.75 Å². The number of carbonyl (C=O) groups excluding carboxylic acids is 1. The van der Waals surface area contributed by atoms with Crippen molar-refractivity contribution in [2.24, 2.45) is 5.10 Å². The summed E-state index contributed by atoms with van der Waals surface area (Å²) in [4.78, 5) is 12.6. The molecular formula is C16H17BrN2O2S. The molecule has 22 heavy (non-hydrogen) atoms. The fourth-order valence-electron chi connectivity index (χ4n) is 1.73. The number of aryl methyl sites for hydroxylation is 1. The average Bonchev–Trinajstić information content (AvgIpc) is 2.99. The van der Waals surface area contributed by atoms with E-state index < -0.39 is 0 Å². The molecule has 0 radical (unpaired) electrons. The Morgan fingerprint density at radius 3 is 3.05 bits per heavy atom. The first-order valence-electron chi connectivity index (χ1n) is 6.89. The summed E-state index contributed by atoms with van der Waals surface area (Å²) < 4.78 is 6.57. The fraction of sp³-hybridized carbons (Fsp3) is 0.250. The molecule has 0 bridgehead atoms. The topological polar surface area (TPSA) is 50.7 Å². The Kier molecular flexibility index (Phi) is 6.61. The molecule has 0 spiro atoms. The van der Waals surface area contributed by atoms with Gasteiger partial charge in [-0.2, -0.15) is 5.10 Å². The molecule has 1 aromatic carbocycles. The summed E-state index contributed by atoms with van der Waals surface area (Å²) in [6, 6.07) is 9.79. The summed E-state index contributed by atoms with van der Waals surface area (Å²) in [5.74, 6) is 0.682. The second-order valence-corrected chi connectivity index (χ2v) is 6.53. The molecule has 0 fully saturated rings. The molecule has 1 amide bonds. The van der Waals surface area contributed by atoms with Crippen LogP contribution in [0.3, 0.4) is 0 Å². The van der Waals surface area contributed by atoms with Gasteiger partial charge in [0.2, 0.25) is 5.91 Å². The second-order valence-electron chi connectivity index (χ2n) is 4.69. The van der Waals surface area contributed by atoms with E-state index in [2.05, 4.69) is 26.5 Å². The number of rotatable bonds is 7. The maximum absolute atomic E-state index is 11.6. The van der Waals surface area contributed by atoms with E-state index in [-0.39, 0.29) is 5.91 Å². The number of carbonyl (C=O) groups is 1. The first-order valence-corrected chi connectivity index (χ1v) is 8.57. The van der Waals surface area contributed by atoms with Crippen molar-refractivity contribution in [2.45, 2.75) is 19.8 Å². The van der Waals surface area contributed by atoms with Crippen LogP contribution in [0.1, 0.15) is 23.3 Å². The number of hydrazone groups is 1. The molecule has 0 unspecified atom stereocenters. The predicted molar refractivity (Wildman–Crippen MR) is 93.7 cm³/mol. The van der Waals surface area contributed by atoms with Gasteiger partial charge in [-0.05, 0) is 58.4 Å². The summed E-state index contributed by atoms with van der Waals surface area (Å²) in [7, 11) is 0. The van der Waals surface area contributed by atoms with Gasteiger partial charge in [0, 0.05) is 11.3 Å². The van der Waals surface area contributed by atoms with Crippen LogP contribution >= 0.6 is 27.3 Å². The van der Waals surface area contributed by atoms with Crippen LogP contribution in [0.5, 0.6) is 5.75 Å². The van der Waals surface area contributed by atoms with Crippen LogP contribution in [0.25, 0.3) is 0 Å². The molecule has 1 N–H and O–H groups in total. The summed E-state index contributed by atoms with van der Waals surface area (Å²) in [5.41, 5.74) is 3.68. The van der Waals surface area contributed by atoms with Crippen LogP contribution < -0.4 is 10.2 Å². The van der Waals surface area contributed by atoms with Gasteiger partial charge in [0.15, 0.2) is 0 Å². The van der Waals surface area contributed by atoms with Crippen molar-refractivity contribution in [2.75, 3.05) is 6.61 Å². The number of ether oxygens (including phenoxy) is 1. The molecule has 2 rings (SSSR count). The van der Waals surface area contributed by atoms with Gasteiger partial charge in [-0.3, -0.25) is 4.79 Å². The Bertz CT molecular complexity index is 642. The molecule has 0 aliphatic carbocycles. The Morgan fingerprint density at radius 2 is 2.32 bits per heavy atom. The quantitative estimate of drug-likeness (QED) is 0.446. The molecule has 116 valence electrons. The third kappa shape index (κ3) is 5.61. The largest absolute Gasteiger partial charge is 0.492 e. The number of hydrogen-bond acceptors (Lipinski definition) is 4. The van der Waals surface area contributed by atoms with Gasteiger partial charge >= 0.3 is 0 Å². The SMILES string of the molecule is Cc1ccc(OCCCC(=O)N/N=C/c2cccs2)c(Br)c1. The van der Waals surface area contributed by atoms with Crippen LogP contribution in [0.2, 0.25) is 0 Å². The van der Waals surface area contributed by atoms with E-state index in [1.807, 2.05) is 42.6 Å². The molecule has 6 heteroatoms. The van der Waals surface area contributed by atoms with E-state index in [1.54, 1.807) is 17.6 Å². The Morgan fingerprint density at radius 1 is 1.45 bits per heavy atom. The first kappa shape index (κ1) is 16.7. The van der Waals surface area contributed by atoms with E-state index in [4.69, 9.17) is 4.74 Å². The number of benzene rings is 1. The lowest BCUT2D eigenvalue weighted by Gasteiger charge is -2.08. The van der Waals surface area contributed by atoms with E-state index in [9.17, 15) is 4.79 Å². The highest BCUT2D eigenvalue weighted by Gasteiger charge is 2.03. The lowest BCUT2D eigenvalue weighted by atomic mass is 10.2. The highest BCUT2D eigenvalue weighted by Crippen LogP contribution is 2.25. The number of nitrogens with zero attached hydrogens (tertiary/aromatic N) is 1. The second kappa shape index (κ2) is 8.70. The van der Waals surface area contributed by atoms with Crippen molar-refractivity contribution < 1.29 is 9.53 Å². The number of hydrogen-bond donors (Lipinski definition) is 1. The van der Waals surface area contributed by atoms with E-state index in [0.717, 1.165) is 15.1 Å². The summed E-state index contributed by atoms with van der Waals surface area (Å²) in [5, 5.41) is 5.87. The normalized spacial score (nSPS) is 10.8. The van der Waals surface area contributed by atoms with Crippen LogP contribution in [-0.4, -0.2) is 18.7 Å². The summed E-state index contributed by atoms with van der Waals surface area (Å²) in [6.07, 6.45) is 2.66. The smallest absolute Gasteiger partial charge is 0.240 e. The fourth-order valence-corrected chi connectivity index (χ4v) is 2.92. The van der Waals surface area contributed by atoms with E-state index in [0.29, 0.717) is 19.4 Å². The van der Waals surface area contributed by atoms with Crippen molar-refractivity contribution in [1.29, 1.82) is 0 Å². The van der Waals surface area contributed by atoms with Crippen molar-refractivity contribution in [3.05, 3.63) is 50.6 Å². The Balaban J connectivity index is 1.64. The summed E-state index contributed by atoms with van der Waals surface area (Å²) in [6.45, 7) is 2.51. The molecule has 0 saturated carbocycles. The van der Waals surface area contributed by atoms with Gasteiger partial charge in [-0.15, -0.1) is 11.3 Å². The third-order valence-corrected chi connectivity index (χ3v) is 4.24. The van der Waals surface area contributed by atoms with Crippen LogP contribution in [0.4, 0.5) is 0 Å². The van der Waals surface area contributed by atoms with Crippen LogP contribution in [-0.2, 0) is 4.79 Å². The molecule has 0 aliphatic heterocycles. The number of halogens is 1.